The van der Waals surface area contributed by atoms with E-state index in [2.05, 4.69) is 5.73 Å². The summed E-state index contributed by atoms with van der Waals surface area (Å²) in [6.45, 7) is 0. The topological polar surface area (TPSA) is 26.0 Å². The van der Waals surface area contributed by atoms with Crippen LogP contribution in [0.4, 0.5) is 30.7 Å². The lowest BCUT2D eigenvalue weighted by Crippen LogP contribution is -2.31. The zero-order valence-corrected chi connectivity index (χ0v) is 10.3. The first kappa shape index (κ1) is 18.3. The van der Waals surface area contributed by atoms with Crippen molar-refractivity contribution in [1.29, 1.82) is 0 Å². The highest BCUT2D eigenvalue weighted by Crippen LogP contribution is 2.41. The van der Waals surface area contributed by atoms with Gasteiger partial charge in [-0.15, -0.1) is 12.4 Å². The summed E-state index contributed by atoms with van der Waals surface area (Å²) in [5, 5.41) is -0.863. The Balaban J connectivity index is 0.00000324. The van der Waals surface area contributed by atoms with Crippen LogP contribution in [-0.2, 0) is 6.18 Å². The predicted molar refractivity (Wildman–Crippen MR) is 56.6 cm³/mol. The van der Waals surface area contributed by atoms with E-state index in [1.807, 2.05) is 0 Å². The number of benzene rings is 1. The van der Waals surface area contributed by atoms with Gasteiger partial charge in [0.05, 0.1) is 10.6 Å². The normalized spacial score (nSPS) is 13.9. The van der Waals surface area contributed by atoms with E-state index in [1.165, 1.54) is 0 Å². The van der Waals surface area contributed by atoms with E-state index >= 15 is 0 Å². The molecule has 2 N–H and O–H groups in total. The lowest BCUT2D eigenvalue weighted by molar-refractivity contribution is -0.156. The van der Waals surface area contributed by atoms with E-state index < -0.39 is 40.4 Å². The van der Waals surface area contributed by atoms with Gasteiger partial charge in [-0.1, -0.05) is 11.6 Å². The summed E-state index contributed by atoms with van der Waals surface area (Å²) >= 11 is 5.16. The molecule has 0 heterocycles. The molecule has 1 rings (SSSR count). The van der Waals surface area contributed by atoms with Crippen molar-refractivity contribution in [3.63, 3.8) is 0 Å². The molecule has 1 aromatic carbocycles. The van der Waals surface area contributed by atoms with Gasteiger partial charge in [-0.05, 0) is 12.1 Å². The first-order valence-electron chi connectivity index (χ1n) is 4.33. The van der Waals surface area contributed by atoms with Crippen molar-refractivity contribution in [2.24, 2.45) is 5.73 Å². The summed E-state index contributed by atoms with van der Waals surface area (Å²) in [6.07, 6.45) is -10.4. The van der Waals surface area contributed by atoms with Crippen molar-refractivity contribution in [3.05, 3.63) is 34.1 Å². The van der Waals surface area contributed by atoms with E-state index in [-0.39, 0.29) is 18.5 Å². The Morgan fingerprint density at radius 3 is 1.89 bits per heavy atom. The molecule has 1 nitrogen and oxygen atoms in total. The maximum absolute atomic E-state index is 13.4. The fourth-order valence-electron chi connectivity index (χ4n) is 1.28. The summed E-state index contributed by atoms with van der Waals surface area (Å²) in [5.41, 5.74) is 1.11. The average Bonchev–Trinajstić information content (AvgIpc) is 2.17. The van der Waals surface area contributed by atoms with Crippen LogP contribution in [0.15, 0.2) is 12.1 Å². The fourth-order valence-corrected chi connectivity index (χ4v) is 1.45. The van der Waals surface area contributed by atoms with Crippen molar-refractivity contribution >= 4 is 24.0 Å². The molecule has 10 heteroatoms. The van der Waals surface area contributed by atoms with Gasteiger partial charge in [0, 0.05) is 5.56 Å². The van der Waals surface area contributed by atoms with Crippen molar-refractivity contribution in [2.45, 2.75) is 18.4 Å². The minimum atomic E-state index is -5.22. The monoisotopic (exact) mass is 331 g/mol. The second-order valence-corrected chi connectivity index (χ2v) is 3.75. The van der Waals surface area contributed by atoms with Crippen LogP contribution in [0.25, 0.3) is 0 Å². The van der Waals surface area contributed by atoms with Crippen LogP contribution in [0.1, 0.15) is 17.2 Å². The lowest BCUT2D eigenvalue weighted by atomic mass is 9.99. The zero-order chi connectivity index (χ0) is 14.3. The van der Waals surface area contributed by atoms with Gasteiger partial charge in [-0.25, -0.2) is 4.39 Å². The third-order valence-electron chi connectivity index (χ3n) is 2.10. The van der Waals surface area contributed by atoms with Crippen LogP contribution in [0.5, 0.6) is 0 Å². The number of hydrogen-bond donors (Lipinski definition) is 1. The Labute approximate surface area is 113 Å². The number of hydrogen-bond acceptors (Lipinski definition) is 1. The minimum Gasteiger partial charge on any atom is -0.316 e. The van der Waals surface area contributed by atoms with Gasteiger partial charge in [0.15, 0.2) is 0 Å². The maximum Gasteiger partial charge on any atom is 0.416 e. The summed E-state index contributed by atoms with van der Waals surface area (Å²) in [7, 11) is 0. The molecule has 0 aliphatic heterocycles. The molecule has 0 spiro atoms. The van der Waals surface area contributed by atoms with Gasteiger partial charge in [0.1, 0.15) is 11.9 Å². The predicted octanol–water partition coefficient (Wildman–Crippen LogP) is 4.48. The van der Waals surface area contributed by atoms with E-state index in [4.69, 9.17) is 11.6 Å². The molecule has 0 amide bonds. The lowest BCUT2D eigenvalue weighted by Gasteiger charge is -2.21. The Hall–Kier alpha value is -0.730. The Kier molecular flexibility index (Phi) is 5.50. The van der Waals surface area contributed by atoms with Gasteiger partial charge in [0.25, 0.3) is 0 Å². The van der Waals surface area contributed by atoms with Crippen molar-refractivity contribution in [1.82, 2.24) is 0 Å². The minimum absolute atomic E-state index is 0. The molecule has 0 fully saturated rings. The molecule has 0 saturated heterocycles. The van der Waals surface area contributed by atoms with Gasteiger partial charge in [-0.2, -0.15) is 26.3 Å². The summed E-state index contributed by atoms with van der Waals surface area (Å²) in [6, 6.07) is -2.33. The molecule has 110 valence electrons. The Morgan fingerprint density at radius 2 is 1.53 bits per heavy atom. The summed E-state index contributed by atoms with van der Waals surface area (Å²) in [5.74, 6) is -1.82. The van der Waals surface area contributed by atoms with Crippen LogP contribution in [0.2, 0.25) is 5.02 Å². The number of alkyl halides is 6. The first-order valence-corrected chi connectivity index (χ1v) is 4.71. The van der Waals surface area contributed by atoms with Gasteiger partial charge >= 0.3 is 12.4 Å². The van der Waals surface area contributed by atoms with Crippen molar-refractivity contribution < 1.29 is 30.7 Å². The molecule has 0 bridgehead atoms. The van der Waals surface area contributed by atoms with Gasteiger partial charge in [0.2, 0.25) is 0 Å². The van der Waals surface area contributed by atoms with E-state index in [0.717, 1.165) is 0 Å². The SMILES string of the molecule is Cl.N[C@H](c1c(C(F)(F)F)ccc(Cl)c1F)C(F)(F)F. The molecular formula is C9H6Cl2F7N. The van der Waals surface area contributed by atoms with Crippen LogP contribution >= 0.6 is 24.0 Å². The molecule has 0 saturated carbocycles. The molecule has 0 aliphatic carbocycles. The second kappa shape index (κ2) is 5.72. The molecular weight excluding hydrogens is 326 g/mol. The molecule has 0 aliphatic rings. The molecule has 1 aromatic rings. The highest BCUT2D eigenvalue weighted by molar-refractivity contribution is 6.30. The number of nitrogens with two attached hydrogens (primary N) is 1. The molecule has 0 radical (unpaired) electrons. The van der Waals surface area contributed by atoms with Crippen LogP contribution < -0.4 is 5.73 Å². The third-order valence-corrected chi connectivity index (χ3v) is 2.39. The van der Waals surface area contributed by atoms with E-state index in [0.29, 0.717) is 6.07 Å². The molecule has 19 heavy (non-hydrogen) atoms. The zero-order valence-electron chi connectivity index (χ0n) is 8.74. The van der Waals surface area contributed by atoms with Gasteiger partial charge in [-0.3, -0.25) is 0 Å². The Morgan fingerprint density at radius 1 is 1.05 bits per heavy atom. The van der Waals surface area contributed by atoms with Crippen LogP contribution in [0.3, 0.4) is 0 Å². The maximum atomic E-state index is 13.4. The van der Waals surface area contributed by atoms with Crippen LogP contribution in [-0.4, -0.2) is 6.18 Å². The first-order chi connectivity index (χ1) is 7.96. The largest absolute Gasteiger partial charge is 0.416 e. The molecule has 0 unspecified atom stereocenters. The van der Waals surface area contributed by atoms with E-state index in [1.54, 1.807) is 0 Å². The highest BCUT2D eigenvalue weighted by atomic mass is 35.5. The third kappa shape index (κ3) is 3.87. The average molecular weight is 332 g/mol. The Bertz CT molecular complexity index is 455. The standard InChI is InChI=1S/C9H5ClF7N.ClH/c10-4-2-1-3(8(12,13)14)5(6(4)11)7(18)9(15,16)17;/h1-2,7H,18H2;1H/t7-;/m1./s1. The highest BCUT2D eigenvalue weighted by Gasteiger charge is 2.45. The summed E-state index contributed by atoms with van der Waals surface area (Å²) in [4.78, 5) is 0. The number of halogens is 9. The van der Waals surface area contributed by atoms with E-state index in [9.17, 15) is 30.7 Å². The van der Waals surface area contributed by atoms with Crippen LogP contribution in [0, 0.1) is 5.82 Å². The fraction of sp³-hybridized carbons (Fsp3) is 0.333. The summed E-state index contributed by atoms with van der Waals surface area (Å²) < 4.78 is 87.7. The second-order valence-electron chi connectivity index (χ2n) is 3.34. The number of rotatable bonds is 1. The van der Waals surface area contributed by atoms with Crippen molar-refractivity contribution in [2.75, 3.05) is 0 Å². The molecule has 1 atom stereocenters. The smallest absolute Gasteiger partial charge is 0.316 e. The van der Waals surface area contributed by atoms with Gasteiger partial charge < -0.3 is 5.73 Å². The molecule has 0 aromatic heterocycles. The quantitative estimate of drug-likeness (QED) is 0.754. The van der Waals surface area contributed by atoms with Crippen molar-refractivity contribution in [3.8, 4) is 0 Å².